The summed E-state index contributed by atoms with van der Waals surface area (Å²) in [4.78, 5) is 15.2. The van der Waals surface area contributed by atoms with E-state index in [2.05, 4.69) is 4.98 Å². The number of hydrogen-bond acceptors (Lipinski definition) is 7. The van der Waals surface area contributed by atoms with Crippen molar-refractivity contribution >= 4 is 17.0 Å². The molecule has 0 aliphatic rings. The minimum Gasteiger partial charge on any atom is -0.493 e. The van der Waals surface area contributed by atoms with Gasteiger partial charge in [0.1, 0.15) is 6.61 Å². The summed E-state index contributed by atoms with van der Waals surface area (Å²) in [6.45, 7) is -0.196. The fourth-order valence-electron chi connectivity index (χ4n) is 1.62. The zero-order chi connectivity index (χ0) is 14.5. The van der Waals surface area contributed by atoms with Crippen molar-refractivity contribution in [2.45, 2.75) is 13.2 Å². The highest BCUT2D eigenvalue weighted by molar-refractivity contribution is 7.09. The van der Waals surface area contributed by atoms with Crippen molar-refractivity contribution in [3.8, 4) is 11.5 Å². The Morgan fingerprint density at radius 3 is 2.80 bits per heavy atom. The van der Waals surface area contributed by atoms with Gasteiger partial charge in [-0.25, -0.2) is 0 Å². The second-order valence-corrected chi connectivity index (χ2v) is 4.77. The van der Waals surface area contributed by atoms with Gasteiger partial charge in [-0.15, -0.1) is 11.3 Å². The summed E-state index contributed by atoms with van der Waals surface area (Å²) >= 11 is 1.42. The smallest absolute Gasteiger partial charge is 0.278 e. The molecule has 7 nitrogen and oxygen atoms in total. The molecule has 0 radical (unpaired) electrons. The van der Waals surface area contributed by atoms with Gasteiger partial charge in [0.2, 0.25) is 0 Å². The van der Waals surface area contributed by atoms with Gasteiger partial charge in [-0.1, -0.05) is 0 Å². The molecule has 0 bridgehead atoms. The largest absolute Gasteiger partial charge is 0.493 e. The molecule has 20 heavy (non-hydrogen) atoms. The van der Waals surface area contributed by atoms with Crippen molar-refractivity contribution < 1.29 is 19.5 Å². The first kappa shape index (κ1) is 14.2. The number of methoxy groups -OCH3 is 1. The minimum absolute atomic E-state index is 0.178. The Morgan fingerprint density at radius 2 is 2.25 bits per heavy atom. The molecular weight excluding hydrogens is 284 g/mol. The van der Waals surface area contributed by atoms with E-state index in [0.29, 0.717) is 5.75 Å². The molecule has 8 heteroatoms. The molecule has 0 spiro atoms. The molecular formula is C12H12N2O5S. The predicted molar refractivity (Wildman–Crippen MR) is 72.0 cm³/mol. The quantitative estimate of drug-likeness (QED) is 0.648. The van der Waals surface area contributed by atoms with Crippen molar-refractivity contribution in [1.82, 2.24) is 4.98 Å². The Labute approximate surface area is 118 Å². The molecule has 0 amide bonds. The zero-order valence-electron chi connectivity index (χ0n) is 10.6. The Kier molecular flexibility index (Phi) is 4.49. The minimum atomic E-state index is -0.565. The SMILES string of the molecule is COc1cc(CO)c([N+](=O)[O-])cc1OCc1cncs1. The first-order valence-corrected chi connectivity index (χ1v) is 6.50. The number of thiazole rings is 1. The number of aliphatic hydroxyl groups excluding tert-OH is 1. The van der Waals surface area contributed by atoms with E-state index in [9.17, 15) is 10.1 Å². The van der Waals surface area contributed by atoms with E-state index in [1.165, 1.54) is 30.6 Å². The van der Waals surface area contributed by atoms with E-state index < -0.39 is 11.5 Å². The van der Waals surface area contributed by atoms with Gasteiger partial charge in [0.05, 0.1) is 40.7 Å². The third-order valence-corrected chi connectivity index (χ3v) is 3.34. The molecule has 2 aromatic rings. The van der Waals surface area contributed by atoms with E-state index in [0.717, 1.165) is 4.88 Å². The summed E-state index contributed by atoms with van der Waals surface area (Å²) in [5.74, 6) is 0.592. The van der Waals surface area contributed by atoms with Crippen molar-refractivity contribution in [2.24, 2.45) is 0 Å². The highest BCUT2D eigenvalue weighted by atomic mass is 32.1. The van der Waals surface area contributed by atoms with Crippen LogP contribution in [-0.4, -0.2) is 22.1 Å². The van der Waals surface area contributed by atoms with Gasteiger partial charge in [0.25, 0.3) is 5.69 Å². The Bertz CT molecular complexity index is 600. The van der Waals surface area contributed by atoms with E-state index >= 15 is 0 Å². The number of ether oxygens (including phenoxy) is 2. The molecule has 0 saturated heterocycles. The number of aliphatic hydroxyl groups is 1. The molecule has 1 heterocycles. The number of hydrogen-bond donors (Lipinski definition) is 1. The summed E-state index contributed by atoms with van der Waals surface area (Å²) in [5.41, 5.74) is 1.65. The Hall–Kier alpha value is -2.19. The highest BCUT2D eigenvalue weighted by Gasteiger charge is 2.19. The third kappa shape index (κ3) is 3.03. The van der Waals surface area contributed by atoms with Gasteiger partial charge in [-0.05, 0) is 6.07 Å². The van der Waals surface area contributed by atoms with Crippen LogP contribution in [0.4, 0.5) is 5.69 Å². The van der Waals surface area contributed by atoms with Crippen LogP contribution >= 0.6 is 11.3 Å². The molecule has 0 atom stereocenters. The van der Waals surface area contributed by atoms with Gasteiger partial charge < -0.3 is 14.6 Å². The maximum absolute atomic E-state index is 11.0. The van der Waals surface area contributed by atoms with Gasteiger partial charge in [-0.2, -0.15) is 0 Å². The number of nitro benzene ring substituents is 1. The molecule has 0 unspecified atom stereocenters. The molecule has 1 N–H and O–H groups in total. The standard InChI is InChI=1S/C12H12N2O5S/c1-18-11-2-8(5-15)10(14(16)17)3-12(11)19-6-9-4-13-7-20-9/h2-4,7,15H,5-6H2,1H3. The topological polar surface area (TPSA) is 94.7 Å². The van der Waals surface area contributed by atoms with Crippen molar-refractivity contribution in [2.75, 3.05) is 7.11 Å². The van der Waals surface area contributed by atoms with Gasteiger partial charge in [-0.3, -0.25) is 15.1 Å². The van der Waals surface area contributed by atoms with Crippen LogP contribution < -0.4 is 9.47 Å². The van der Waals surface area contributed by atoms with Crippen LogP contribution in [0.25, 0.3) is 0 Å². The fraction of sp³-hybridized carbons (Fsp3) is 0.250. The lowest BCUT2D eigenvalue weighted by atomic mass is 10.1. The van der Waals surface area contributed by atoms with E-state index in [1.54, 1.807) is 11.7 Å². The lowest BCUT2D eigenvalue weighted by molar-refractivity contribution is -0.386. The highest BCUT2D eigenvalue weighted by Crippen LogP contribution is 2.35. The van der Waals surface area contributed by atoms with Crippen LogP contribution in [-0.2, 0) is 13.2 Å². The van der Waals surface area contributed by atoms with Gasteiger partial charge in [0, 0.05) is 6.20 Å². The number of aromatic nitrogens is 1. The normalized spacial score (nSPS) is 10.3. The van der Waals surface area contributed by atoms with Crippen molar-refractivity contribution in [3.63, 3.8) is 0 Å². The number of nitrogens with zero attached hydrogens (tertiary/aromatic N) is 2. The summed E-state index contributed by atoms with van der Waals surface area (Å²) < 4.78 is 10.6. The monoisotopic (exact) mass is 296 g/mol. The summed E-state index contributed by atoms with van der Waals surface area (Å²) in [7, 11) is 1.43. The average molecular weight is 296 g/mol. The maximum atomic E-state index is 11.0. The average Bonchev–Trinajstić information content (AvgIpc) is 2.97. The molecule has 0 saturated carbocycles. The van der Waals surface area contributed by atoms with Crippen LogP contribution in [0.1, 0.15) is 10.4 Å². The molecule has 106 valence electrons. The van der Waals surface area contributed by atoms with E-state index in [4.69, 9.17) is 14.6 Å². The maximum Gasteiger partial charge on any atom is 0.278 e. The second-order valence-electron chi connectivity index (χ2n) is 3.80. The predicted octanol–water partition coefficient (Wildman–Crippen LogP) is 2.13. The van der Waals surface area contributed by atoms with Crippen LogP contribution in [0, 0.1) is 10.1 Å². The molecule has 2 rings (SSSR count). The second kappa shape index (κ2) is 6.31. The van der Waals surface area contributed by atoms with Crippen LogP contribution in [0.15, 0.2) is 23.8 Å². The molecule has 0 fully saturated rings. The Balaban J connectivity index is 2.30. The molecule has 1 aromatic heterocycles. The van der Waals surface area contributed by atoms with Crippen molar-refractivity contribution in [3.05, 3.63) is 44.4 Å². The number of rotatable bonds is 6. The molecule has 1 aromatic carbocycles. The summed E-state index contributed by atoms with van der Waals surface area (Å²) in [5, 5.41) is 20.1. The van der Waals surface area contributed by atoms with Crippen LogP contribution in [0.5, 0.6) is 11.5 Å². The van der Waals surface area contributed by atoms with Gasteiger partial charge >= 0.3 is 0 Å². The lowest BCUT2D eigenvalue weighted by Gasteiger charge is -2.11. The van der Waals surface area contributed by atoms with Crippen LogP contribution in [0.3, 0.4) is 0 Å². The van der Waals surface area contributed by atoms with Gasteiger partial charge in [0.15, 0.2) is 11.5 Å². The Morgan fingerprint density at radius 1 is 1.45 bits per heavy atom. The first-order chi connectivity index (χ1) is 9.65. The van der Waals surface area contributed by atoms with E-state index in [1.807, 2.05) is 0 Å². The fourth-order valence-corrected chi connectivity index (χ4v) is 2.13. The van der Waals surface area contributed by atoms with Crippen molar-refractivity contribution in [1.29, 1.82) is 0 Å². The third-order valence-electron chi connectivity index (χ3n) is 2.59. The molecule has 0 aliphatic carbocycles. The lowest BCUT2D eigenvalue weighted by Crippen LogP contribution is -2.01. The summed E-state index contributed by atoms with van der Waals surface area (Å²) in [6.07, 6.45) is 1.66. The first-order valence-electron chi connectivity index (χ1n) is 5.62. The molecule has 0 aliphatic heterocycles. The van der Waals surface area contributed by atoms with Crippen LogP contribution in [0.2, 0.25) is 0 Å². The van der Waals surface area contributed by atoms with E-state index in [-0.39, 0.29) is 23.6 Å². The summed E-state index contributed by atoms with van der Waals surface area (Å²) in [6, 6.07) is 2.66. The zero-order valence-corrected chi connectivity index (χ0v) is 11.4. The number of nitro groups is 1. The number of benzene rings is 1.